The van der Waals surface area contributed by atoms with Crippen LogP contribution in [0.2, 0.25) is 0 Å². The number of imide groups is 1. The van der Waals surface area contributed by atoms with Crippen LogP contribution in [0.4, 0.5) is 0 Å². The monoisotopic (exact) mass is 206 g/mol. The van der Waals surface area contributed by atoms with Gasteiger partial charge in [-0.15, -0.1) is 0 Å². The van der Waals surface area contributed by atoms with Crippen LogP contribution >= 0.6 is 0 Å². The van der Waals surface area contributed by atoms with Gasteiger partial charge < -0.3 is 0 Å². The van der Waals surface area contributed by atoms with E-state index >= 15 is 0 Å². The second-order valence-electron chi connectivity index (χ2n) is 3.17. The molecule has 4 nitrogen and oxygen atoms in total. The van der Waals surface area contributed by atoms with Crippen LogP contribution in [0.5, 0.6) is 0 Å². The highest BCUT2D eigenvalue weighted by molar-refractivity contribution is 5.98. The molecule has 1 heterocycles. The quantitative estimate of drug-likeness (QED) is 0.686. The molecule has 0 aliphatic rings. The number of rotatable bonds is 5. The minimum atomic E-state index is -0.334. The van der Waals surface area contributed by atoms with E-state index in [9.17, 15) is 9.59 Å². The Balaban J connectivity index is 2.69. The van der Waals surface area contributed by atoms with Gasteiger partial charge in [-0.2, -0.15) is 0 Å². The first-order valence-corrected chi connectivity index (χ1v) is 4.97. The third-order valence-corrected chi connectivity index (χ3v) is 2.02. The number of hydrogen-bond donors (Lipinski definition) is 0. The number of unbranched alkanes of at least 4 members (excludes halogenated alkanes) is 1. The molecule has 0 bridgehead atoms. The summed E-state index contributed by atoms with van der Waals surface area (Å²) in [5, 5.41) is 0. The molecule has 0 N–H and O–H groups in total. The van der Waals surface area contributed by atoms with Gasteiger partial charge in [0, 0.05) is 12.7 Å². The predicted molar refractivity (Wildman–Crippen MR) is 56.2 cm³/mol. The number of pyridine rings is 1. The molecule has 0 atom stereocenters. The average Bonchev–Trinajstić information content (AvgIpc) is 2.31. The highest BCUT2D eigenvalue weighted by Crippen LogP contribution is 2.01. The summed E-state index contributed by atoms with van der Waals surface area (Å²) in [6, 6.07) is 5.06. The summed E-state index contributed by atoms with van der Waals surface area (Å²) in [5.41, 5.74) is 0.306. The summed E-state index contributed by atoms with van der Waals surface area (Å²) >= 11 is 0. The van der Waals surface area contributed by atoms with Crippen LogP contribution in [-0.2, 0) is 4.79 Å². The molecule has 0 spiro atoms. The third-order valence-electron chi connectivity index (χ3n) is 2.02. The van der Waals surface area contributed by atoms with Gasteiger partial charge >= 0.3 is 0 Å². The number of nitrogens with zero attached hydrogens (tertiary/aromatic N) is 2. The maximum absolute atomic E-state index is 11.7. The van der Waals surface area contributed by atoms with Crippen molar-refractivity contribution in [1.29, 1.82) is 0 Å². The second kappa shape index (κ2) is 5.90. The summed E-state index contributed by atoms with van der Waals surface area (Å²) in [6.07, 6.45) is 3.86. The molecule has 15 heavy (non-hydrogen) atoms. The van der Waals surface area contributed by atoms with Crippen molar-refractivity contribution in [2.75, 3.05) is 6.54 Å². The average molecular weight is 206 g/mol. The highest BCUT2D eigenvalue weighted by Gasteiger charge is 2.14. The lowest BCUT2D eigenvalue weighted by molar-refractivity contribution is -0.116. The van der Waals surface area contributed by atoms with Gasteiger partial charge in [-0.05, 0) is 18.6 Å². The summed E-state index contributed by atoms with van der Waals surface area (Å²) in [4.78, 5) is 27.5. The molecule has 1 aromatic rings. The van der Waals surface area contributed by atoms with Crippen LogP contribution in [0.25, 0.3) is 0 Å². The number of amides is 2. The molecular weight excluding hydrogens is 192 g/mol. The Morgan fingerprint density at radius 3 is 2.87 bits per heavy atom. The number of hydrogen-bond acceptors (Lipinski definition) is 3. The molecule has 0 saturated heterocycles. The van der Waals surface area contributed by atoms with E-state index in [1.807, 2.05) is 6.92 Å². The van der Waals surface area contributed by atoms with Crippen LogP contribution in [0.15, 0.2) is 24.4 Å². The van der Waals surface area contributed by atoms with E-state index in [2.05, 4.69) is 4.98 Å². The van der Waals surface area contributed by atoms with Gasteiger partial charge in [0.25, 0.3) is 5.91 Å². The normalized spacial score (nSPS) is 9.67. The first-order chi connectivity index (χ1) is 7.29. The molecule has 0 aliphatic heterocycles. The second-order valence-corrected chi connectivity index (χ2v) is 3.17. The van der Waals surface area contributed by atoms with Gasteiger partial charge in [0.1, 0.15) is 5.69 Å². The van der Waals surface area contributed by atoms with Crippen LogP contribution in [0.3, 0.4) is 0 Å². The minimum Gasteiger partial charge on any atom is -0.280 e. The van der Waals surface area contributed by atoms with Crippen LogP contribution in [0, 0.1) is 0 Å². The van der Waals surface area contributed by atoms with Gasteiger partial charge in [-0.25, -0.2) is 0 Å². The van der Waals surface area contributed by atoms with Crippen LogP contribution < -0.4 is 0 Å². The number of carbonyl (C=O) groups is 2. The molecular formula is C11H14N2O2. The summed E-state index contributed by atoms with van der Waals surface area (Å²) in [5.74, 6) is -0.334. The molecule has 1 aromatic heterocycles. The highest BCUT2D eigenvalue weighted by atomic mass is 16.2. The zero-order valence-corrected chi connectivity index (χ0v) is 8.72. The van der Waals surface area contributed by atoms with Gasteiger partial charge in [0.15, 0.2) is 0 Å². The Morgan fingerprint density at radius 2 is 2.33 bits per heavy atom. The Bertz CT molecular complexity index is 325. The lowest BCUT2D eigenvalue weighted by atomic mass is 10.3. The molecule has 0 aliphatic carbocycles. The van der Waals surface area contributed by atoms with E-state index in [-0.39, 0.29) is 5.91 Å². The van der Waals surface area contributed by atoms with E-state index in [0.717, 1.165) is 17.7 Å². The van der Waals surface area contributed by atoms with E-state index < -0.39 is 0 Å². The van der Waals surface area contributed by atoms with E-state index in [4.69, 9.17) is 0 Å². The summed E-state index contributed by atoms with van der Waals surface area (Å²) in [7, 11) is 0. The van der Waals surface area contributed by atoms with Crippen LogP contribution in [0.1, 0.15) is 30.3 Å². The van der Waals surface area contributed by atoms with Crippen molar-refractivity contribution >= 4 is 12.3 Å². The zero-order valence-electron chi connectivity index (χ0n) is 8.72. The van der Waals surface area contributed by atoms with E-state index in [0.29, 0.717) is 18.6 Å². The van der Waals surface area contributed by atoms with Crippen molar-refractivity contribution < 1.29 is 9.59 Å². The predicted octanol–water partition coefficient (Wildman–Crippen LogP) is 1.48. The van der Waals surface area contributed by atoms with Crippen molar-refractivity contribution in [1.82, 2.24) is 9.88 Å². The Hall–Kier alpha value is -1.71. The third kappa shape index (κ3) is 3.16. The van der Waals surface area contributed by atoms with Gasteiger partial charge in [0.05, 0.1) is 0 Å². The molecule has 0 aromatic carbocycles. The number of aromatic nitrogens is 1. The molecule has 0 saturated carbocycles. The van der Waals surface area contributed by atoms with Crippen molar-refractivity contribution in [2.24, 2.45) is 0 Å². The fourth-order valence-corrected chi connectivity index (χ4v) is 1.17. The summed E-state index contributed by atoms with van der Waals surface area (Å²) < 4.78 is 0. The van der Waals surface area contributed by atoms with Gasteiger partial charge in [-0.3, -0.25) is 19.5 Å². The van der Waals surface area contributed by atoms with E-state index in [1.165, 1.54) is 6.20 Å². The molecule has 4 heteroatoms. The molecule has 0 unspecified atom stereocenters. The van der Waals surface area contributed by atoms with Crippen molar-refractivity contribution in [2.45, 2.75) is 19.8 Å². The molecule has 2 amide bonds. The SMILES string of the molecule is CCCCN(C=O)C(=O)c1ccccn1. The summed E-state index contributed by atoms with van der Waals surface area (Å²) in [6.45, 7) is 2.46. The molecule has 0 radical (unpaired) electrons. The standard InChI is InChI=1S/C11H14N2O2/c1-2-3-8-13(9-14)11(15)10-6-4-5-7-12-10/h4-7,9H,2-3,8H2,1H3. The largest absolute Gasteiger partial charge is 0.280 e. The fraction of sp³-hybridized carbons (Fsp3) is 0.364. The van der Waals surface area contributed by atoms with Crippen molar-refractivity contribution in [3.8, 4) is 0 Å². The Labute approximate surface area is 88.9 Å². The van der Waals surface area contributed by atoms with Crippen molar-refractivity contribution in [3.63, 3.8) is 0 Å². The smallest absolute Gasteiger partial charge is 0.278 e. The molecule has 1 rings (SSSR count). The molecule has 0 fully saturated rings. The lowest BCUT2D eigenvalue weighted by Gasteiger charge is -2.13. The van der Waals surface area contributed by atoms with Crippen molar-refractivity contribution in [3.05, 3.63) is 30.1 Å². The number of carbonyl (C=O) groups excluding carboxylic acids is 2. The van der Waals surface area contributed by atoms with E-state index in [1.54, 1.807) is 18.2 Å². The van der Waals surface area contributed by atoms with Gasteiger partial charge in [-0.1, -0.05) is 19.4 Å². The lowest BCUT2D eigenvalue weighted by Crippen LogP contribution is -2.31. The first-order valence-electron chi connectivity index (χ1n) is 4.97. The molecule has 80 valence electrons. The van der Waals surface area contributed by atoms with Crippen LogP contribution in [-0.4, -0.2) is 28.7 Å². The Morgan fingerprint density at radius 1 is 1.53 bits per heavy atom. The van der Waals surface area contributed by atoms with Gasteiger partial charge in [0.2, 0.25) is 6.41 Å². The first kappa shape index (κ1) is 11.4. The maximum atomic E-state index is 11.7. The Kier molecular flexibility index (Phi) is 4.47. The topological polar surface area (TPSA) is 50.3 Å². The fourth-order valence-electron chi connectivity index (χ4n) is 1.17. The zero-order chi connectivity index (χ0) is 11.1. The minimum absolute atomic E-state index is 0.306. The maximum Gasteiger partial charge on any atom is 0.278 e.